The van der Waals surface area contributed by atoms with E-state index < -0.39 is 0 Å². The Balaban J connectivity index is 1.41. The van der Waals surface area contributed by atoms with E-state index in [0.717, 1.165) is 28.4 Å². The van der Waals surface area contributed by atoms with Crippen molar-refractivity contribution in [3.05, 3.63) is 143 Å². The van der Waals surface area contributed by atoms with Gasteiger partial charge in [0.15, 0.2) is 5.11 Å². The van der Waals surface area contributed by atoms with Gasteiger partial charge in [-0.05, 0) is 85.4 Å². The number of pyridine rings is 1. The fourth-order valence-electron chi connectivity index (χ4n) is 5.03. The third kappa shape index (κ3) is 4.78. The van der Waals surface area contributed by atoms with Gasteiger partial charge in [-0.3, -0.25) is 15.1 Å². The number of anilines is 1. The lowest BCUT2D eigenvalue weighted by Crippen LogP contribution is -2.30. The fourth-order valence-corrected chi connectivity index (χ4v) is 5.38. The first kappa shape index (κ1) is 25.3. The van der Waals surface area contributed by atoms with Crippen LogP contribution in [0, 0.1) is 17.0 Å². The van der Waals surface area contributed by atoms with Crippen molar-refractivity contribution in [2.75, 3.05) is 4.90 Å². The van der Waals surface area contributed by atoms with E-state index in [2.05, 4.69) is 15.2 Å². The molecule has 0 aliphatic carbocycles. The Morgan fingerprint density at radius 2 is 1.73 bits per heavy atom. The first-order valence-corrected chi connectivity index (χ1v) is 13.2. The molecule has 0 unspecified atom stereocenters. The molecule has 0 radical (unpaired) electrons. The number of para-hydroxylation sites is 1. The zero-order valence-corrected chi connectivity index (χ0v) is 22.4. The summed E-state index contributed by atoms with van der Waals surface area (Å²) < 4.78 is 8.08. The highest BCUT2D eigenvalue weighted by Gasteiger charge is 2.42. The van der Waals surface area contributed by atoms with Crippen LogP contribution in [0.15, 0.2) is 116 Å². The smallest absolute Gasteiger partial charge is 0.271 e. The highest BCUT2D eigenvalue weighted by Crippen LogP contribution is 2.43. The number of hydrogen-bond acceptors (Lipinski definition) is 5. The number of benzene rings is 3. The Bertz CT molecular complexity index is 1690. The lowest BCUT2D eigenvalue weighted by molar-refractivity contribution is -0.384. The van der Waals surface area contributed by atoms with Gasteiger partial charge >= 0.3 is 0 Å². The summed E-state index contributed by atoms with van der Waals surface area (Å²) in [6, 6.07) is 31.5. The Morgan fingerprint density at radius 3 is 2.48 bits per heavy atom. The molecule has 1 fully saturated rings. The molecule has 40 heavy (non-hydrogen) atoms. The van der Waals surface area contributed by atoms with Gasteiger partial charge in [0.1, 0.15) is 17.5 Å². The van der Waals surface area contributed by atoms with Crippen LogP contribution < -0.4 is 15.0 Å². The average molecular weight is 548 g/mol. The van der Waals surface area contributed by atoms with Gasteiger partial charge in [-0.2, -0.15) is 0 Å². The van der Waals surface area contributed by atoms with Crippen LogP contribution >= 0.6 is 12.2 Å². The van der Waals surface area contributed by atoms with Gasteiger partial charge in [0.2, 0.25) is 0 Å². The summed E-state index contributed by atoms with van der Waals surface area (Å²) in [7, 11) is 0. The van der Waals surface area contributed by atoms with Crippen LogP contribution in [0.2, 0.25) is 0 Å². The van der Waals surface area contributed by atoms with Crippen molar-refractivity contribution in [2.24, 2.45) is 0 Å². The molecule has 0 saturated carbocycles. The Morgan fingerprint density at radius 1 is 0.925 bits per heavy atom. The van der Waals surface area contributed by atoms with E-state index in [4.69, 9.17) is 17.0 Å². The quantitative estimate of drug-likeness (QED) is 0.133. The van der Waals surface area contributed by atoms with Crippen LogP contribution in [0.1, 0.15) is 29.0 Å². The zero-order chi connectivity index (χ0) is 27.6. The molecule has 2 atom stereocenters. The SMILES string of the molecule is Cc1ccccc1Oc1ccc(N2C(=S)N[C@@H](c3ccccn3)[C@@H]2c2cccn2-c2cccc([N+](=O)[O-])c2)cc1. The number of nitrogens with zero attached hydrogens (tertiary/aromatic N) is 4. The normalized spacial score (nSPS) is 16.5. The van der Waals surface area contributed by atoms with Crippen LogP contribution in [-0.4, -0.2) is 19.6 Å². The molecule has 198 valence electrons. The van der Waals surface area contributed by atoms with Crippen molar-refractivity contribution in [2.45, 2.75) is 19.0 Å². The molecule has 2 aromatic heterocycles. The monoisotopic (exact) mass is 547 g/mol. The highest BCUT2D eigenvalue weighted by atomic mass is 32.1. The van der Waals surface area contributed by atoms with E-state index in [9.17, 15) is 10.1 Å². The minimum absolute atomic E-state index is 0.0274. The van der Waals surface area contributed by atoms with Crippen molar-refractivity contribution < 1.29 is 9.66 Å². The van der Waals surface area contributed by atoms with E-state index in [1.54, 1.807) is 18.3 Å². The molecule has 8 nitrogen and oxygen atoms in total. The molecular formula is C31H25N5O3S. The summed E-state index contributed by atoms with van der Waals surface area (Å²) in [5.41, 5.74) is 4.39. The van der Waals surface area contributed by atoms with Gasteiger partial charge in [-0.15, -0.1) is 0 Å². The number of nitrogens with one attached hydrogen (secondary N) is 1. The molecule has 3 heterocycles. The van der Waals surface area contributed by atoms with Crippen molar-refractivity contribution in [1.82, 2.24) is 14.9 Å². The lowest BCUT2D eigenvalue weighted by atomic mass is 10.0. The summed E-state index contributed by atoms with van der Waals surface area (Å²) in [5, 5.41) is 15.5. The molecule has 1 aliphatic rings. The van der Waals surface area contributed by atoms with E-state index in [0.29, 0.717) is 16.5 Å². The van der Waals surface area contributed by atoms with Gasteiger partial charge in [0.25, 0.3) is 5.69 Å². The number of thiocarbonyl (C=S) groups is 1. The Kier molecular flexibility index (Phi) is 6.71. The highest BCUT2D eigenvalue weighted by molar-refractivity contribution is 7.80. The number of aryl methyl sites for hydroxylation is 1. The number of ether oxygens (including phenoxy) is 1. The second-order valence-corrected chi connectivity index (χ2v) is 9.82. The Labute approximate surface area is 236 Å². The molecular weight excluding hydrogens is 522 g/mol. The van der Waals surface area contributed by atoms with Gasteiger partial charge < -0.3 is 19.5 Å². The van der Waals surface area contributed by atoms with Crippen LogP contribution in [0.5, 0.6) is 11.5 Å². The molecule has 9 heteroatoms. The van der Waals surface area contributed by atoms with Crippen LogP contribution in [0.3, 0.4) is 0 Å². The summed E-state index contributed by atoms with van der Waals surface area (Å²) >= 11 is 5.88. The summed E-state index contributed by atoms with van der Waals surface area (Å²) in [6.45, 7) is 2.01. The van der Waals surface area contributed by atoms with Crippen molar-refractivity contribution in [3.8, 4) is 17.2 Å². The number of rotatable bonds is 7. The van der Waals surface area contributed by atoms with E-state index in [1.165, 1.54) is 6.07 Å². The third-order valence-electron chi connectivity index (χ3n) is 6.94. The Hall–Kier alpha value is -5.02. The van der Waals surface area contributed by atoms with Crippen LogP contribution in [-0.2, 0) is 0 Å². The van der Waals surface area contributed by atoms with Gasteiger partial charge in [-0.1, -0.05) is 30.3 Å². The first-order chi connectivity index (χ1) is 19.5. The topological polar surface area (TPSA) is 85.5 Å². The standard InChI is InChI=1S/C31H25N5O3S/c1-21-8-2-3-13-28(21)39-25-16-14-22(15-17-25)35-30(29(33-31(35)40)26-11-4-5-18-32-26)27-12-7-19-34(27)23-9-6-10-24(20-23)36(37)38/h2-20,29-30H,1H3,(H,33,40)/t29-,30-/m0/s1. The second kappa shape index (κ2) is 10.6. The number of nitro groups is 1. The fraction of sp³-hybridized carbons (Fsp3) is 0.0968. The van der Waals surface area contributed by atoms with Crippen LogP contribution in [0.25, 0.3) is 5.69 Å². The first-order valence-electron chi connectivity index (χ1n) is 12.8. The van der Waals surface area contributed by atoms with E-state index in [-0.39, 0.29) is 22.7 Å². The van der Waals surface area contributed by atoms with E-state index >= 15 is 0 Å². The van der Waals surface area contributed by atoms with Crippen LogP contribution in [0.4, 0.5) is 11.4 Å². The molecule has 0 bridgehead atoms. The molecule has 1 N–H and O–H groups in total. The van der Waals surface area contributed by atoms with E-state index in [1.807, 2.05) is 103 Å². The van der Waals surface area contributed by atoms with Gasteiger partial charge in [0, 0.05) is 35.9 Å². The third-order valence-corrected chi connectivity index (χ3v) is 7.25. The predicted octanol–water partition coefficient (Wildman–Crippen LogP) is 7.06. The maximum absolute atomic E-state index is 11.5. The van der Waals surface area contributed by atoms with Gasteiger partial charge in [0.05, 0.1) is 22.3 Å². The molecule has 1 aliphatic heterocycles. The molecule has 0 amide bonds. The maximum Gasteiger partial charge on any atom is 0.271 e. The molecule has 3 aromatic carbocycles. The number of aromatic nitrogens is 2. The lowest BCUT2D eigenvalue weighted by Gasteiger charge is -2.29. The summed E-state index contributed by atoms with van der Waals surface area (Å²) in [6.07, 6.45) is 3.67. The molecule has 6 rings (SSSR count). The van der Waals surface area contributed by atoms with Crippen molar-refractivity contribution in [3.63, 3.8) is 0 Å². The molecule has 0 spiro atoms. The minimum Gasteiger partial charge on any atom is -0.457 e. The predicted molar refractivity (Wildman–Crippen MR) is 158 cm³/mol. The average Bonchev–Trinajstić information content (AvgIpc) is 3.60. The maximum atomic E-state index is 11.5. The largest absolute Gasteiger partial charge is 0.457 e. The van der Waals surface area contributed by atoms with Crippen molar-refractivity contribution >= 4 is 28.7 Å². The summed E-state index contributed by atoms with van der Waals surface area (Å²) in [5.74, 6) is 1.52. The second-order valence-electron chi connectivity index (χ2n) is 9.44. The number of non-ortho nitro benzene ring substituents is 1. The zero-order valence-electron chi connectivity index (χ0n) is 21.5. The number of hydrogen-bond donors (Lipinski definition) is 1. The molecule has 1 saturated heterocycles. The number of nitro benzene ring substituents is 1. The minimum atomic E-state index is -0.386. The summed E-state index contributed by atoms with van der Waals surface area (Å²) in [4.78, 5) is 17.8. The molecule has 5 aromatic rings. The van der Waals surface area contributed by atoms with Crippen molar-refractivity contribution in [1.29, 1.82) is 0 Å². The van der Waals surface area contributed by atoms with Gasteiger partial charge in [-0.25, -0.2) is 0 Å².